The topological polar surface area (TPSA) is 67.8 Å². The summed E-state index contributed by atoms with van der Waals surface area (Å²) in [4.78, 5) is 11.0. The molecule has 5 heteroatoms. The summed E-state index contributed by atoms with van der Waals surface area (Å²) in [6.45, 7) is 3.91. The van der Waals surface area contributed by atoms with Gasteiger partial charge in [0.1, 0.15) is 0 Å². The van der Waals surface area contributed by atoms with Crippen molar-refractivity contribution in [2.24, 2.45) is 11.8 Å². The molecule has 0 radical (unpaired) electrons. The molecule has 0 aromatic carbocycles. The molecule has 5 nitrogen and oxygen atoms in total. The number of fused-ring (bicyclic) bond motifs is 2. The molecule has 2 aliphatic heterocycles. The van der Waals surface area contributed by atoms with Crippen LogP contribution in [-0.2, 0) is 14.3 Å². The number of unbranched alkanes of at least 4 members (excludes halogenated alkanes) is 3. The molecule has 0 spiro atoms. The van der Waals surface area contributed by atoms with Crippen molar-refractivity contribution in [1.82, 2.24) is 5.48 Å². The van der Waals surface area contributed by atoms with E-state index in [2.05, 4.69) is 13.0 Å². The first-order valence-corrected chi connectivity index (χ1v) is 9.57. The highest BCUT2D eigenvalue weighted by atomic mass is 16.5. The van der Waals surface area contributed by atoms with Gasteiger partial charge in [-0.25, -0.2) is 5.48 Å². The lowest BCUT2D eigenvalue weighted by Crippen LogP contribution is -2.30. The Bertz CT molecular complexity index is 399. The van der Waals surface area contributed by atoms with E-state index >= 15 is 0 Å². The van der Waals surface area contributed by atoms with Crippen molar-refractivity contribution in [3.63, 3.8) is 0 Å². The number of amides is 1. The summed E-state index contributed by atoms with van der Waals surface area (Å²) >= 11 is 0. The van der Waals surface area contributed by atoms with Crippen LogP contribution in [0.2, 0.25) is 0 Å². The van der Waals surface area contributed by atoms with Gasteiger partial charge in [-0.15, -0.1) is 0 Å². The molecule has 0 aromatic rings. The van der Waals surface area contributed by atoms with E-state index in [0.29, 0.717) is 36.9 Å². The third-order valence-corrected chi connectivity index (χ3v) is 5.28. The second-order valence-corrected chi connectivity index (χ2v) is 7.03. The highest BCUT2D eigenvalue weighted by molar-refractivity contribution is 5.74. The maximum Gasteiger partial charge on any atom is 0.243 e. The Morgan fingerprint density at radius 1 is 1.21 bits per heavy atom. The van der Waals surface area contributed by atoms with Gasteiger partial charge in [0.05, 0.1) is 18.8 Å². The minimum Gasteiger partial charge on any atom is -0.381 e. The quantitative estimate of drug-likeness (QED) is 0.247. The molecule has 4 atom stereocenters. The number of carbonyl (C=O) groups is 1. The second-order valence-electron chi connectivity index (χ2n) is 7.03. The average molecular weight is 339 g/mol. The van der Waals surface area contributed by atoms with E-state index < -0.39 is 0 Å². The van der Waals surface area contributed by atoms with Gasteiger partial charge in [-0.3, -0.25) is 10.0 Å². The van der Waals surface area contributed by atoms with E-state index in [4.69, 9.17) is 14.7 Å². The van der Waals surface area contributed by atoms with E-state index in [9.17, 15) is 4.79 Å². The van der Waals surface area contributed by atoms with E-state index in [-0.39, 0.29) is 5.91 Å². The van der Waals surface area contributed by atoms with Gasteiger partial charge < -0.3 is 9.47 Å². The fourth-order valence-electron chi connectivity index (χ4n) is 3.92. The second kappa shape index (κ2) is 10.9. The first kappa shape index (κ1) is 19.4. The molecule has 0 aliphatic carbocycles. The predicted molar refractivity (Wildman–Crippen MR) is 92.8 cm³/mol. The van der Waals surface area contributed by atoms with Crippen LogP contribution in [-0.4, -0.2) is 36.5 Å². The van der Waals surface area contributed by atoms with Crippen molar-refractivity contribution >= 4 is 5.91 Å². The van der Waals surface area contributed by atoms with Gasteiger partial charge in [0, 0.05) is 18.9 Å². The zero-order valence-electron chi connectivity index (χ0n) is 14.9. The number of hydrogen-bond donors (Lipinski definition) is 2. The van der Waals surface area contributed by atoms with Gasteiger partial charge in [0.2, 0.25) is 5.91 Å². The fraction of sp³-hybridized carbons (Fsp3) is 0.842. The molecule has 0 aromatic heterocycles. The van der Waals surface area contributed by atoms with Gasteiger partial charge in [-0.1, -0.05) is 38.3 Å². The highest BCUT2D eigenvalue weighted by Crippen LogP contribution is 2.45. The standard InChI is InChI=1S/C19H33NO4/c1-2-3-4-8-13-23-14-16-15(17-11-12-18(16)24-17)9-6-5-7-10-19(21)20-22/h5-6,15-18,22H,2-4,7-14H2,1H3,(H,20,21)/b6-5-/t15-,16+,17-,18+/m0/s1. The van der Waals surface area contributed by atoms with Crippen LogP contribution < -0.4 is 5.48 Å². The van der Waals surface area contributed by atoms with Crippen LogP contribution in [0, 0.1) is 11.8 Å². The van der Waals surface area contributed by atoms with Crippen LogP contribution in [0.3, 0.4) is 0 Å². The normalized spacial score (nSPS) is 28.8. The summed E-state index contributed by atoms with van der Waals surface area (Å²) < 4.78 is 12.0. The summed E-state index contributed by atoms with van der Waals surface area (Å²) in [5, 5.41) is 8.47. The molecule has 2 bridgehead atoms. The number of rotatable bonds is 12. The molecule has 2 rings (SSSR count). The minimum atomic E-state index is -0.336. The van der Waals surface area contributed by atoms with E-state index in [0.717, 1.165) is 26.1 Å². The number of hydrogen-bond acceptors (Lipinski definition) is 4. The van der Waals surface area contributed by atoms with E-state index in [1.807, 2.05) is 6.08 Å². The lowest BCUT2D eigenvalue weighted by atomic mass is 9.78. The monoisotopic (exact) mass is 339 g/mol. The van der Waals surface area contributed by atoms with Crippen molar-refractivity contribution in [1.29, 1.82) is 0 Å². The molecular weight excluding hydrogens is 306 g/mol. The average Bonchev–Trinajstić information content (AvgIpc) is 3.19. The predicted octanol–water partition coefficient (Wildman–Crippen LogP) is 3.61. The van der Waals surface area contributed by atoms with Gasteiger partial charge in [-0.2, -0.15) is 0 Å². The van der Waals surface area contributed by atoms with Crippen LogP contribution in [0.5, 0.6) is 0 Å². The van der Waals surface area contributed by atoms with Crippen molar-refractivity contribution < 1.29 is 19.5 Å². The molecule has 2 fully saturated rings. The Balaban J connectivity index is 1.67. The van der Waals surface area contributed by atoms with E-state index in [1.165, 1.54) is 32.1 Å². The number of allylic oxidation sites excluding steroid dienone is 2. The van der Waals surface area contributed by atoms with Crippen LogP contribution in [0.4, 0.5) is 0 Å². The molecule has 2 saturated heterocycles. The molecule has 1 amide bonds. The minimum absolute atomic E-state index is 0.324. The molecule has 2 heterocycles. The summed E-state index contributed by atoms with van der Waals surface area (Å²) in [5.41, 5.74) is 1.66. The number of nitrogens with one attached hydrogen (secondary N) is 1. The zero-order valence-corrected chi connectivity index (χ0v) is 14.9. The number of carbonyl (C=O) groups excluding carboxylic acids is 1. The maximum absolute atomic E-state index is 11.0. The smallest absolute Gasteiger partial charge is 0.243 e. The Kier molecular flexibility index (Phi) is 8.78. The third-order valence-electron chi connectivity index (χ3n) is 5.28. The van der Waals surface area contributed by atoms with Gasteiger partial charge in [0.25, 0.3) is 0 Å². The van der Waals surface area contributed by atoms with Gasteiger partial charge in [-0.05, 0) is 38.0 Å². The van der Waals surface area contributed by atoms with Crippen molar-refractivity contribution in [2.45, 2.75) is 76.9 Å². The van der Waals surface area contributed by atoms with Crippen LogP contribution in [0.25, 0.3) is 0 Å². The Morgan fingerprint density at radius 2 is 2.00 bits per heavy atom. The first-order chi connectivity index (χ1) is 11.8. The summed E-state index contributed by atoms with van der Waals surface area (Å²) in [7, 11) is 0. The lowest BCUT2D eigenvalue weighted by Gasteiger charge is -2.27. The number of hydroxylamine groups is 1. The summed E-state index contributed by atoms with van der Waals surface area (Å²) in [6.07, 6.45) is 14.2. The zero-order chi connectivity index (χ0) is 17.2. The van der Waals surface area contributed by atoms with Crippen LogP contribution in [0.1, 0.15) is 64.7 Å². The molecule has 0 unspecified atom stereocenters. The highest BCUT2D eigenvalue weighted by Gasteiger charge is 2.48. The molecule has 24 heavy (non-hydrogen) atoms. The maximum atomic E-state index is 11.0. The Morgan fingerprint density at radius 3 is 2.75 bits per heavy atom. The van der Waals surface area contributed by atoms with E-state index in [1.54, 1.807) is 5.48 Å². The lowest BCUT2D eigenvalue weighted by molar-refractivity contribution is -0.129. The molecule has 138 valence electrons. The SMILES string of the molecule is CCCCCCOC[C@@H]1[C@H](C/C=C\CCC(=O)NO)[C@@H]2CC[C@H]1O2. The largest absolute Gasteiger partial charge is 0.381 e. The first-order valence-electron chi connectivity index (χ1n) is 9.57. The number of ether oxygens (including phenoxy) is 2. The molecule has 0 saturated carbocycles. The Labute approximate surface area is 145 Å². The molecule has 2 N–H and O–H groups in total. The fourth-order valence-corrected chi connectivity index (χ4v) is 3.92. The van der Waals surface area contributed by atoms with Crippen molar-refractivity contribution in [3.8, 4) is 0 Å². The third kappa shape index (κ3) is 5.87. The molecule has 2 aliphatic rings. The Hall–Kier alpha value is -0.910. The van der Waals surface area contributed by atoms with Crippen molar-refractivity contribution in [2.75, 3.05) is 13.2 Å². The summed E-state index contributed by atoms with van der Waals surface area (Å²) in [6, 6.07) is 0. The van der Waals surface area contributed by atoms with Crippen LogP contribution >= 0.6 is 0 Å². The summed E-state index contributed by atoms with van der Waals surface area (Å²) in [5.74, 6) is 0.722. The van der Waals surface area contributed by atoms with Gasteiger partial charge in [0.15, 0.2) is 0 Å². The molecular formula is C19H33NO4. The van der Waals surface area contributed by atoms with Crippen LogP contribution in [0.15, 0.2) is 12.2 Å². The van der Waals surface area contributed by atoms with Gasteiger partial charge >= 0.3 is 0 Å². The van der Waals surface area contributed by atoms with Crippen molar-refractivity contribution in [3.05, 3.63) is 12.2 Å².